The third-order valence-corrected chi connectivity index (χ3v) is 2.55. The molecular weight excluding hydrogens is 205 g/mol. The topological polar surface area (TPSA) is 63.3 Å². The summed E-state index contributed by atoms with van der Waals surface area (Å²) >= 11 is 1.22. The summed E-state index contributed by atoms with van der Waals surface area (Å²) in [5, 5.41) is 8.64. The van der Waals surface area contributed by atoms with Gasteiger partial charge in [0.25, 0.3) is 0 Å². The third-order valence-electron chi connectivity index (χ3n) is 1.80. The van der Waals surface area contributed by atoms with Crippen molar-refractivity contribution < 1.29 is 14.3 Å². The number of thioether (sulfide) groups is 1. The molecule has 5 heteroatoms. The second-order valence-corrected chi connectivity index (χ2v) is 3.56. The van der Waals surface area contributed by atoms with E-state index in [1.54, 1.807) is 6.26 Å². The molecule has 3 N–H and O–H groups in total. The van der Waals surface area contributed by atoms with E-state index in [1.165, 1.54) is 30.0 Å². The van der Waals surface area contributed by atoms with Crippen molar-refractivity contribution >= 4 is 17.7 Å². The first kappa shape index (κ1) is 11.0. The maximum Gasteiger partial charge on any atom is 0.325 e. The molecule has 0 aromatic heterocycles. The standard InChI is InChI=1S/C9H10FNO2S/c1-14-7-4-5(2-3-6(7)10)8(11)9(12)13/h2-4,8H,11H2,1H3,(H,12,13). The number of benzene rings is 1. The number of hydrogen-bond donors (Lipinski definition) is 2. The molecule has 1 unspecified atom stereocenters. The van der Waals surface area contributed by atoms with Crippen LogP contribution in [-0.4, -0.2) is 17.3 Å². The summed E-state index contributed by atoms with van der Waals surface area (Å²) in [4.78, 5) is 11.0. The Hall–Kier alpha value is -1.07. The van der Waals surface area contributed by atoms with E-state index < -0.39 is 12.0 Å². The Morgan fingerprint density at radius 1 is 1.64 bits per heavy atom. The van der Waals surface area contributed by atoms with Crippen LogP contribution >= 0.6 is 11.8 Å². The quantitative estimate of drug-likeness (QED) is 0.752. The molecule has 1 rings (SSSR count). The Morgan fingerprint density at radius 3 is 2.79 bits per heavy atom. The highest BCUT2D eigenvalue weighted by Gasteiger charge is 2.15. The molecule has 0 saturated carbocycles. The fourth-order valence-corrected chi connectivity index (χ4v) is 1.53. The third kappa shape index (κ3) is 2.24. The van der Waals surface area contributed by atoms with Crippen LogP contribution in [0.3, 0.4) is 0 Å². The number of hydrogen-bond acceptors (Lipinski definition) is 3. The van der Waals surface area contributed by atoms with E-state index in [-0.39, 0.29) is 5.82 Å². The molecule has 1 aromatic carbocycles. The minimum absolute atomic E-state index is 0.362. The lowest BCUT2D eigenvalue weighted by Crippen LogP contribution is -2.20. The lowest BCUT2D eigenvalue weighted by Gasteiger charge is -2.08. The number of aliphatic carboxylic acids is 1. The van der Waals surface area contributed by atoms with Crippen molar-refractivity contribution in [1.82, 2.24) is 0 Å². The molecule has 0 spiro atoms. The molecule has 0 fully saturated rings. The van der Waals surface area contributed by atoms with Crippen molar-refractivity contribution in [3.05, 3.63) is 29.6 Å². The highest BCUT2D eigenvalue weighted by molar-refractivity contribution is 7.98. The lowest BCUT2D eigenvalue weighted by molar-refractivity contribution is -0.138. The fourth-order valence-electron chi connectivity index (χ4n) is 1.01. The zero-order chi connectivity index (χ0) is 10.7. The number of carbonyl (C=O) groups is 1. The van der Waals surface area contributed by atoms with Crippen LogP contribution in [-0.2, 0) is 4.79 Å². The summed E-state index contributed by atoms with van der Waals surface area (Å²) in [6.07, 6.45) is 1.72. The average molecular weight is 215 g/mol. The second-order valence-electron chi connectivity index (χ2n) is 2.71. The molecule has 1 aromatic rings. The van der Waals surface area contributed by atoms with Crippen molar-refractivity contribution in [2.45, 2.75) is 10.9 Å². The van der Waals surface area contributed by atoms with Gasteiger partial charge in [0.2, 0.25) is 0 Å². The van der Waals surface area contributed by atoms with Gasteiger partial charge in [-0.1, -0.05) is 6.07 Å². The maximum absolute atomic E-state index is 13.0. The summed E-state index contributed by atoms with van der Waals surface area (Å²) in [6.45, 7) is 0. The molecule has 76 valence electrons. The van der Waals surface area contributed by atoms with Crippen LogP contribution in [0.1, 0.15) is 11.6 Å². The van der Waals surface area contributed by atoms with E-state index in [1.807, 2.05) is 0 Å². The van der Waals surface area contributed by atoms with E-state index in [0.29, 0.717) is 10.5 Å². The van der Waals surface area contributed by atoms with Gasteiger partial charge in [0, 0.05) is 4.90 Å². The molecule has 0 aliphatic heterocycles. The summed E-state index contributed by atoms with van der Waals surface area (Å²) < 4.78 is 13.0. The summed E-state index contributed by atoms with van der Waals surface area (Å²) in [5.74, 6) is -1.48. The van der Waals surface area contributed by atoms with Gasteiger partial charge in [-0.15, -0.1) is 11.8 Å². The van der Waals surface area contributed by atoms with Gasteiger partial charge in [0.05, 0.1) is 0 Å². The van der Waals surface area contributed by atoms with Crippen molar-refractivity contribution in [3.8, 4) is 0 Å². The molecular formula is C9H10FNO2S. The molecule has 0 aliphatic rings. The monoisotopic (exact) mass is 215 g/mol. The van der Waals surface area contributed by atoms with Gasteiger partial charge in [-0.05, 0) is 24.0 Å². The highest BCUT2D eigenvalue weighted by atomic mass is 32.2. The minimum atomic E-state index is -1.12. The number of halogens is 1. The van der Waals surface area contributed by atoms with Crippen LogP contribution in [0, 0.1) is 5.82 Å². The van der Waals surface area contributed by atoms with Crippen LogP contribution in [0.5, 0.6) is 0 Å². The molecule has 0 radical (unpaired) electrons. The van der Waals surface area contributed by atoms with E-state index >= 15 is 0 Å². The summed E-state index contributed by atoms with van der Waals surface area (Å²) in [5.41, 5.74) is 5.79. The Kier molecular flexibility index (Phi) is 3.49. The maximum atomic E-state index is 13.0. The van der Waals surface area contributed by atoms with Gasteiger partial charge in [-0.25, -0.2) is 4.39 Å². The van der Waals surface area contributed by atoms with Gasteiger partial charge in [0.15, 0.2) is 0 Å². The van der Waals surface area contributed by atoms with Gasteiger partial charge in [-0.3, -0.25) is 4.79 Å². The Balaban J connectivity index is 3.06. The molecule has 0 aliphatic carbocycles. The molecule has 14 heavy (non-hydrogen) atoms. The highest BCUT2D eigenvalue weighted by Crippen LogP contribution is 2.22. The van der Waals surface area contributed by atoms with Crippen LogP contribution in [0.15, 0.2) is 23.1 Å². The molecule has 1 atom stereocenters. The van der Waals surface area contributed by atoms with Crippen molar-refractivity contribution in [2.75, 3.05) is 6.26 Å². The lowest BCUT2D eigenvalue weighted by atomic mass is 10.1. The van der Waals surface area contributed by atoms with Gasteiger partial charge < -0.3 is 10.8 Å². The molecule has 3 nitrogen and oxygen atoms in total. The van der Waals surface area contributed by atoms with Crippen molar-refractivity contribution in [2.24, 2.45) is 5.73 Å². The summed E-state index contributed by atoms with van der Waals surface area (Å²) in [6, 6.07) is 2.97. The van der Waals surface area contributed by atoms with E-state index in [4.69, 9.17) is 10.8 Å². The fraction of sp³-hybridized carbons (Fsp3) is 0.222. The number of carboxylic acids is 1. The average Bonchev–Trinajstić information content (AvgIpc) is 2.17. The first-order chi connectivity index (χ1) is 6.56. The SMILES string of the molecule is CSc1cc(C(N)C(=O)O)ccc1F. The second kappa shape index (κ2) is 4.43. The Bertz CT molecular complexity index is 357. The predicted octanol–water partition coefficient (Wildman–Crippen LogP) is 1.63. The Morgan fingerprint density at radius 2 is 2.29 bits per heavy atom. The van der Waals surface area contributed by atoms with Gasteiger partial charge in [0.1, 0.15) is 11.9 Å². The molecule has 0 bridgehead atoms. The van der Waals surface area contributed by atoms with Crippen LogP contribution in [0.4, 0.5) is 4.39 Å². The molecule has 0 saturated heterocycles. The van der Waals surface area contributed by atoms with Crippen LogP contribution in [0.25, 0.3) is 0 Å². The molecule has 0 amide bonds. The predicted molar refractivity (Wildman–Crippen MR) is 52.7 cm³/mol. The molecule has 0 heterocycles. The number of rotatable bonds is 3. The van der Waals surface area contributed by atoms with E-state index in [2.05, 4.69) is 0 Å². The zero-order valence-electron chi connectivity index (χ0n) is 7.53. The smallest absolute Gasteiger partial charge is 0.325 e. The van der Waals surface area contributed by atoms with E-state index in [0.717, 1.165) is 0 Å². The first-order valence-electron chi connectivity index (χ1n) is 3.88. The summed E-state index contributed by atoms with van der Waals surface area (Å²) in [7, 11) is 0. The van der Waals surface area contributed by atoms with Crippen molar-refractivity contribution in [3.63, 3.8) is 0 Å². The van der Waals surface area contributed by atoms with E-state index in [9.17, 15) is 9.18 Å². The van der Waals surface area contributed by atoms with Crippen LogP contribution in [0.2, 0.25) is 0 Å². The zero-order valence-corrected chi connectivity index (χ0v) is 8.34. The largest absolute Gasteiger partial charge is 0.480 e. The van der Waals surface area contributed by atoms with Crippen molar-refractivity contribution in [1.29, 1.82) is 0 Å². The van der Waals surface area contributed by atoms with Gasteiger partial charge >= 0.3 is 5.97 Å². The number of nitrogens with two attached hydrogens (primary N) is 1. The van der Waals surface area contributed by atoms with Crippen LogP contribution < -0.4 is 5.73 Å². The Labute approximate surface area is 85.1 Å². The van der Waals surface area contributed by atoms with Gasteiger partial charge in [-0.2, -0.15) is 0 Å². The number of carboxylic acid groups (broad SMARTS) is 1. The minimum Gasteiger partial charge on any atom is -0.480 e. The normalized spacial score (nSPS) is 12.5. The first-order valence-corrected chi connectivity index (χ1v) is 5.10.